The number of carbonyl (C=O) groups is 1. The van der Waals surface area contributed by atoms with Crippen molar-refractivity contribution in [2.45, 2.75) is 57.3 Å². The zero-order valence-electron chi connectivity index (χ0n) is 16.5. The van der Waals surface area contributed by atoms with Gasteiger partial charge in [0.05, 0.1) is 40.8 Å². The fourth-order valence-electron chi connectivity index (χ4n) is 4.25. The van der Waals surface area contributed by atoms with Crippen molar-refractivity contribution in [1.82, 2.24) is 4.98 Å². The standard InChI is InChI=1S/C22H25FN4O2/c1-13-8-17(6-7-29-13)26-21-18-9-14(11-24)2-5-19(18)25-12-20(21)27-22(28)15-3-4-16(23)10-15/h2,5,9,12-13,15-17H,3-4,6-8,10H2,1H3,(H,25,26)(H,27,28)/t13-,15?,16?,17-/m1/s1. The summed E-state index contributed by atoms with van der Waals surface area (Å²) in [7, 11) is 0. The molecule has 1 aliphatic heterocycles. The number of carbonyl (C=O) groups excluding carboxylic acids is 1. The van der Waals surface area contributed by atoms with E-state index in [0.29, 0.717) is 30.7 Å². The highest BCUT2D eigenvalue weighted by Crippen LogP contribution is 2.35. The molecule has 2 N–H and O–H groups in total. The lowest BCUT2D eigenvalue weighted by Crippen LogP contribution is -2.33. The number of nitriles is 1. The summed E-state index contributed by atoms with van der Waals surface area (Å²) < 4.78 is 19.2. The Bertz CT molecular complexity index is 958. The maximum Gasteiger partial charge on any atom is 0.227 e. The number of hydrogen-bond acceptors (Lipinski definition) is 5. The van der Waals surface area contributed by atoms with E-state index in [1.807, 2.05) is 13.0 Å². The molecule has 1 aliphatic carbocycles. The Morgan fingerprint density at radius 1 is 1.31 bits per heavy atom. The van der Waals surface area contributed by atoms with E-state index in [1.165, 1.54) is 0 Å². The van der Waals surface area contributed by atoms with Crippen molar-refractivity contribution in [3.63, 3.8) is 0 Å². The molecule has 152 valence electrons. The van der Waals surface area contributed by atoms with Crippen molar-refractivity contribution in [2.75, 3.05) is 17.2 Å². The summed E-state index contributed by atoms with van der Waals surface area (Å²) in [5.41, 5.74) is 2.60. The van der Waals surface area contributed by atoms with Crippen LogP contribution in [0.4, 0.5) is 15.8 Å². The number of halogens is 1. The molecule has 1 aromatic heterocycles. The number of ether oxygens (including phenoxy) is 1. The summed E-state index contributed by atoms with van der Waals surface area (Å²) in [6, 6.07) is 7.68. The fourth-order valence-corrected chi connectivity index (χ4v) is 4.25. The summed E-state index contributed by atoms with van der Waals surface area (Å²) in [6.07, 6.45) is 3.86. The Morgan fingerprint density at radius 2 is 2.17 bits per heavy atom. The number of hydrogen-bond donors (Lipinski definition) is 2. The van der Waals surface area contributed by atoms with E-state index >= 15 is 0 Å². The number of aromatic nitrogens is 1. The first-order chi connectivity index (χ1) is 14.0. The maximum atomic E-state index is 13.5. The van der Waals surface area contributed by atoms with Gasteiger partial charge in [-0.05, 0) is 57.2 Å². The molecule has 0 radical (unpaired) electrons. The van der Waals surface area contributed by atoms with Crippen LogP contribution in [0.15, 0.2) is 24.4 Å². The summed E-state index contributed by atoms with van der Waals surface area (Å²) in [4.78, 5) is 17.2. The third-order valence-corrected chi connectivity index (χ3v) is 5.83. The molecule has 2 aliphatic rings. The molecular weight excluding hydrogens is 371 g/mol. The van der Waals surface area contributed by atoms with E-state index in [9.17, 15) is 14.4 Å². The lowest BCUT2D eigenvalue weighted by molar-refractivity contribution is -0.119. The van der Waals surface area contributed by atoms with Gasteiger partial charge in [-0.2, -0.15) is 5.26 Å². The molecule has 7 heteroatoms. The van der Waals surface area contributed by atoms with Gasteiger partial charge in [0.15, 0.2) is 0 Å². The summed E-state index contributed by atoms with van der Waals surface area (Å²) >= 11 is 0. The molecule has 1 saturated carbocycles. The Hall–Kier alpha value is -2.72. The monoisotopic (exact) mass is 396 g/mol. The summed E-state index contributed by atoms with van der Waals surface area (Å²) in [5, 5.41) is 16.6. The highest BCUT2D eigenvalue weighted by atomic mass is 19.1. The minimum absolute atomic E-state index is 0.155. The molecule has 1 saturated heterocycles. The molecule has 2 heterocycles. The second kappa shape index (κ2) is 8.34. The molecule has 2 fully saturated rings. The Morgan fingerprint density at radius 3 is 2.90 bits per heavy atom. The van der Waals surface area contributed by atoms with Crippen molar-refractivity contribution < 1.29 is 13.9 Å². The molecule has 0 spiro atoms. The minimum atomic E-state index is -0.903. The second-order valence-electron chi connectivity index (χ2n) is 8.03. The van der Waals surface area contributed by atoms with E-state index in [2.05, 4.69) is 21.7 Å². The molecule has 6 nitrogen and oxygen atoms in total. The largest absolute Gasteiger partial charge is 0.380 e. The van der Waals surface area contributed by atoms with Crippen LogP contribution in [-0.2, 0) is 9.53 Å². The van der Waals surface area contributed by atoms with Crippen LogP contribution >= 0.6 is 0 Å². The molecule has 0 bridgehead atoms. The quantitative estimate of drug-likeness (QED) is 0.810. The van der Waals surface area contributed by atoms with Crippen molar-refractivity contribution in [3.8, 4) is 6.07 Å². The summed E-state index contributed by atoms with van der Waals surface area (Å²) in [5.74, 6) is -0.492. The minimum Gasteiger partial charge on any atom is -0.380 e. The fraction of sp³-hybridized carbons (Fsp3) is 0.500. The van der Waals surface area contributed by atoms with Crippen LogP contribution in [0, 0.1) is 17.2 Å². The van der Waals surface area contributed by atoms with Crippen LogP contribution in [0.25, 0.3) is 10.9 Å². The van der Waals surface area contributed by atoms with E-state index in [1.54, 1.807) is 18.3 Å². The normalized spacial score (nSPS) is 26.8. The lowest BCUT2D eigenvalue weighted by Gasteiger charge is -2.30. The molecule has 1 aromatic carbocycles. The number of nitrogens with zero attached hydrogens (tertiary/aromatic N) is 2. The number of rotatable bonds is 4. The number of anilines is 2. The first-order valence-electron chi connectivity index (χ1n) is 10.2. The smallest absolute Gasteiger partial charge is 0.227 e. The molecule has 1 amide bonds. The molecule has 2 aromatic rings. The highest BCUT2D eigenvalue weighted by Gasteiger charge is 2.30. The van der Waals surface area contributed by atoms with Gasteiger partial charge in [0.1, 0.15) is 6.17 Å². The third kappa shape index (κ3) is 4.33. The molecule has 4 atom stereocenters. The summed E-state index contributed by atoms with van der Waals surface area (Å²) in [6.45, 7) is 2.72. The van der Waals surface area contributed by atoms with Crippen LogP contribution in [-0.4, -0.2) is 35.8 Å². The first-order valence-corrected chi connectivity index (χ1v) is 10.2. The van der Waals surface area contributed by atoms with Gasteiger partial charge in [0.2, 0.25) is 5.91 Å². The van der Waals surface area contributed by atoms with E-state index in [-0.39, 0.29) is 30.4 Å². The number of fused-ring (bicyclic) bond motifs is 1. The zero-order chi connectivity index (χ0) is 20.4. The lowest BCUT2D eigenvalue weighted by atomic mass is 10.0. The number of nitrogens with one attached hydrogen (secondary N) is 2. The topological polar surface area (TPSA) is 87.0 Å². The number of amides is 1. The van der Waals surface area contributed by atoms with Gasteiger partial charge < -0.3 is 15.4 Å². The van der Waals surface area contributed by atoms with Crippen LogP contribution in [0.3, 0.4) is 0 Å². The van der Waals surface area contributed by atoms with Crippen molar-refractivity contribution in [2.24, 2.45) is 5.92 Å². The zero-order valence-corrected chi connectivity index (χ0v) is 16.5. The Labute approximate surface area is 169 Å². The average molecular weight is 396 g/mol. The molecule has 29 heavy (non-hydrogen) atoms. The van der Waals surface area contributed by atoms with Crippen molar-refractivity contribution >= 4 is 28.2 Å². The van der Waals surface area contributed by atoms with Crippen LogP contribution in [0.1, 0.15) is 44.6 Å². The van der Waals surface area contributed by atoms with E-state index < -0.39 is 6.17 Å². The number of benzene rings is 1. The number of pyridine rings is 1. The van der Waals surface area contributed by atoms with Crippen LogP contribution in [0.2, 0.25) is 0 Å². The van der Waals surface area contributed by atoms with Gasteiger partial charge in [0.25, 0.3) is 0 Å². The average Bonchev–Trinajstić information content (AvgIpc) is 3.16. The molecular formula is C22H25FN4O2. The Kier molecular flexibility index (Phi) is 5.63. The van der Waals surface area contributed by atoms with Gasteiger partial charge in [-0.15, -0.1) is 0 Å². The predicted octanol–water partition coefficient (Wildman–Crippen LogP) is 4.16. The van der Waals surface area contributed by atoms with Gasteiger partial charge in [-0.25, -0.2) is 4.39 Å². The van der Waals surface area contributed by atoms with Gasteiger partial charge in [-0.1, -0.05) is 0 Å². The van der Waals surface area contributed by atoms with Gasteiger partial charge in [0, 0.05) is 24.0 Å². The highest BCUT2D eigenvalue weighted by molar-refractivity contribution is 6.04. The second-order valence-corrected chi connectivity index (χ2v) is 8.03. The maximum absolute atomic E-state index is 13.5. The Balaban J connectivity index is 1.68. The van der Waals surface area contributed by atoms with E-state index in [0.717, 1.165) is 29.4 Å². The number of alkyl halides is 1. The molecule has 4 rings (SSSR count). The van der Waals surface area contributed by atoms with Crippen LogP contribution in [0.5, 0.6) is 0 Å². The predicted molar refractivity (Wildman–Crippen MR) is 109 cm³/mol. The van der Waals surface area contributed by atoms with Gasteiger partial charge >= 0.3 is 0 Å². The van der Waals surface area contributed by atoms with Crippen molar-refractivity contribution in [1.29, 1.82) is 5.26 Å². The third-order valence-electron chi connectivity index (χ3n) is 5.83. The van der Waals surface area contributed by atoms with Crippen molar-refractivity contribution in [3.05, 3.63) is 30.0 Å². The van der Waals surface area contributed by atoms with Crippen LogP contribution < -0.4 is 10.6 Å². The van der Waals surface area contributed by atoms with E-state index in [4.69, 9.17) is 4.74 Å². The molecule has 2 unspecified atom stereocenters. The first kappa shape index (κ1) is 19.6. The van der Waals surface area contributed by atoms with Gasteiger partial charge in [-0.3, -0.25) is 9.78 Å². The SMILES string of the molecule is C[C@@H]1C[C@H](Nc2c(NC(=O)C3CCC(F)C3)cnc3ccc(C#N)cc23)CCO1.